The van der Waals surface area contributed by atoms with Gasteiger partial charge in [0.2, 0.25) is 5.91 Å². The maximum Gasteiger partial charge on any atom is 0.251 e. The van der Waals surface area contributed by atoms with Gasteiger partial charge in [-0.1, -0.05) is 28.8 Å². The first-order valence-corrected chi connectivity index (χ1v) is 14.2. The Morgan fingerprint density at radius 2 is 1.77 bits per heavy atom. The van der Waals surface area contributed by atoms with Crippen molar-refractivity contribution in [3.63, 3.8) is 0 Å². The number of amides is 2. The molecule has 2 fully saturated rings. The van der Waals surface area contributed by atoms with Crippen molar-refractivity contribution in [1.82, 2.24) is 15.5 Å². The number of hydrogen-bond acceptors (Lipinski definition) is 4. The Morgan fingerprint density at radius 3 is 2.29 bits per heavy atom. The second-order valence-electron chi connectivity index (χ2n) is 8.62. The molecule has 0 spiro atoms. The third-order valence-electron chi connectivity index (χ3n) is 5.83. The topological polar surface area (TPSA) is 61.4 Å². The van der Waals surface area contributed by atoms with E-state index in [1.807, 2.05) is 18.8 Å². The van der Waals surface area contributed by atoms with Crippen molar-refractivity contribution in [2.75, 3.05) is 45.2 Å². The van der Waals surface area contributed by atoms with E-state index in [-0.39, 0.29) is 24.2 Å². The summed E-state index contributed by atoms with van der Waals surface area (Å²) in [6, 6.07) is 5.23. The molecule has 2 amide bonds. The third kappa shape index (κ3) is 11.4. The first-order valence-electron chi connectivity index (χ1n) is 12.0. The second kappa shape index (κ2) is 16.3. The van der Waals surface area contributed by atoms with E-state index >= 15 is 0 Å². The first-order chi connectivity index (χ1) is 16.8. The predicted octanol–water partition coefficient (Wildman–Crippen LogP) is 5.55. The molecule has 1 saturated heterocycles. The van der Waals surface area contributed by atoms with Gasteiger partial charge < -0.3 is 15.5 Å². The molecule has 194 valence electrons. The number of nitrogens with zero attached hydrogens (tertiary/aromatic N) is 1. The number of thioether (sulfide) groups is 1. The Bertz CT molecular complexity index is 879. The molecule has 2 aliphatic carbocycles. The molecule has 1 aliphatic heterocycles. The Balaban J connectivity index is 0.000000215. The maximum atomic E-state index is 12.7. The zero-order chi connectivity index (χ0) is 25.6. The van der Waals surface area contributed by atoms with Crippen LogP contribution in [-0.2, 0) is 4.79 Å². The van der Waals surface area contributed by atoms with E-state index in [2.05, 4.69) is 23.0 Å². The van der Waals surface area contributed by atoms with Crippen molar-refractivity contribution in [2.45, 2.75) is 38.5 Å². The molecule has 3 aliphatic rings. The molecule has 35 heavy (non-hydrogen) atoms. The zero-order valence-electron chi connectivity index (χ0n) is 20.5. The quantitative estimate of drug-likeness (QED) is 0.442. The summed E-state index contributed by atoms with van der Waals surface area (Å²) >= 11 is 13.6. The highest BCUT2D eigenvalue weighted by molar-refractivity contribution is 7.98. The number of nitrogens with one attached hydrogen (secondary N) is 2. The van der Waals surface area contributed by atoms with Crippen LogP contribution in [0.4, 0.5) is 4.39 Å². The molecule has 0 radical (unpaired) electrons. The molecule has 1 heterocycles. The fourth-order valence-electron chi connectivity index (χ4n) is 3.60. The summed E-state index contributed by atoms with van der Waals surface area (Å²) in [5.41, 5.74) is 1.87. The molecule has 2 N–H and O–H groups in total. The van der Waals surface area contributed by atoms with Crippen molar-refractivity contribution >= 4 is 46.8 Å². The highest BCUT2D eigenvalue weighted by Gasteiger charge is 2.27. The van der Waals surface area contributed by atoms with E-state index in [0.717, 1.165) is 61.3 Å². The van der Waals surface area contributed by atoms with Gasteiger partial charge in [0.05, 0.1) is 11.6 Å². The lowest BCUT2D eigenvalue weighted by Gasteiger charge is -2.15. The van der Waals surface area contributed by atoms with E-state index < -0.39 is 0 Å². The van der Waals surface area contributed by atoms with Gasteiger partial charge >= 0.3 is 0 Å². The Morgan fingerprint density at radius 1 is 1.11 bits per heavy atom. The normalized spacial score (nSPS) is 17.1. The van der Waals surface area contributed by atoms with Gasteiger partial charge in [-0.2, -0.15) is 11.8 Å². The maximum absolute atomic E-state index is 12.7. The summed E-state index contributed by atoms with van der Waals surface area (Å²) < 4.78 is 12.7. The lowest BCUT2D eigenvalue weighted by Crippen LogP contribution is -2.38. The molecule has 5 nitrogen and oxygen atoms in total. The molecule has 0 aromatic heterocycles. The molecule has 0 atom stereocenters. The Hall–Kier alpha value is -1.54. The van der Waals surface area contributed by atoms with Gasteiger partial charge in [-0.3, -0.25) is 9.59 Å². The number of benzene rings is 1. The van der Waals surface area contributed by atoms with Crippen LogP contribution in [0.2, 0.25) is 0 Å². The van der Waals surface area contributed by atoms with E-state index in [1.54, 1.807) is 4.90 Å². The summed E-state index contributed by atoms with van der Waals surface area (Å²) in [5, 5.41) is 7.18. The number of hydrogen-bond donors (Lipinski definition) is 2. The van der Waals surface area contributed by atoms with Crippen LogP contribution in [0.15, 0.2) is 46.0 Å². The van der Waals surface area contributed by atoms with Crippen LogP contribution in [0.3, 0.4) is 0 Å². The monoisotopic (exact) mass is 543 g/mol. The predicted molar refractivity (Wildman–Crippen MR) is 146 cm³/mol. The molecule has 0 unspecified atom stereocenters. The van der Waals surface area contributed by atoms with Crippen LogP contribution in [-0.4, -0.2) is 61.9 Å². The van der Waals surface area contributed by atoms with E-state index in [1.165, 1.54) is 48.4 Å². The lowest BCUT2D eigenvalue weighted by molar-refractivity contribution is -0.129. The minimum absolute atomic E-state index is 0.00376. The fraction of sp³-hybridized carbons (Fsp3) is 0.538. The zero-order valence-corrected chi connectivity index (χ0v) is 22.9. The minimum Gasteiger partial charge on any atom is -0.343 e. The SMILES string of the molecule is CNCCSC.ClC1=C(Cl)CCC(C2CC2)=C1.O=C(NCC(=O)N1CCCC1)c1ccc(F)cc1. The van der Waals surface area contributed by atoms with E-state index in [0.29, 0.717) is 5.56 Å². The number of halogens is 3. The fourth-order valence-corrected chi connectivity index (χ4v) is 4.40. The van der Waals surface area contributed by atoms with Gasteiger partial charge in [-0.15, -0.1) is 0 Å². The standard InChI is InChI=1S/C13H15FN2O2.C9H10Cl2.C4H11NS/c14-11-5-3-10(4-6-11)13(18)15-9-12(17)16-7-1-2-8-16;10-8-4-3-7(5-9(8)11)6-1-2-6;1-5-3-4-6-2/h3-6H,1-2,7-9H2,(H,15,18);5-6H,1-4H2;5H,3-4H2,1-2H3. The van der Waals surface area contributed by atoms with Crippen molar-refractivity contribution in [1.29, 1.82) is 0 Å². The molecule has 1 aromatic carbocycles. The van der Waals surface area contributed by atoms with Crippen LogP contribution in [0.5, 0.6) is 0 Å². The smallest absolute Gasteiger partial charge is 0.251 e. The number of rotatable bonds is 7. The van der Waals surface area contributed by atoms with Crippen LogP contribution in [0, 0.1) is 11.7 Å². The number of carbonyl (C=O) groups is 2. The van der Waals surface area contributed by atoms with Crippen molar-refractivity contribution in [2.24, 2.45) is 5.92 Å². The molecule has 9 heteroatoms. The molecule has 1 aromatic rings. The first kappa shape index (κ1) is 29.7. The Kier molecular flexibility index (Phi) is 13.8. The van der Waals surface area contributed by atoms with Crippen LogP contribution in [0.1, 0.15) is 48.9 Å². The summed E-state index contributed by atoms with van der Waals surface area (Å²) in [6.07, 6.45) is 11.0. The molecular weight excluding hydrogens is 508 g/mol. The summed E-state index contributed by atoms with van der Waals surface area (Å²) in [7, 11) is 1.97. The minimum atomic E-state index is -0.389. The highest BCUT2D eigenvalue weighted by atomic mass is 35.5. The van der Waals surface area contributed by atoms with Crippen LogP contribution < -0.4 is 10.6 Å². The van der Waals surface area contributed by atoms with Gasteiger partial charge in [-0.25, -0.2) is 4.39 Å². The summed E-state index contributed by atoms with van der Waals surface area (Å²) in [5.74, 6) is 1.25. The molecule has 4 rings (SSSR count). The number of carbonyl (C=O) groups excluding carboxylic acids is 2. The molecule has 0 bridgehead atoms. The summed E-state index contributed by atoms with van der Waals surface area (Å²) in [4.78, 5) is 25.1. The average molecular weight is 545 g/mol. The second-order valence-corrected chi connectivity index (χ2v) is 10.5. The Labute approximate surface area is 222 Å². The summed E-state index contributed by atoms with van der Waals surface area (Å²) in [6.45, 7) is 2.66. The van der Waals surface area contributed by atoms with Crippen LogP contribution >= 0.6 is 35.0 Å². The average Bonchev–Trinajstić information content (AvgIpc) is 3.57. The van der Waals surface area contributed by atoms with E-state index in [9.17, 15) is 14.0 Å². The molecule has 1 saturated carbocycles. The van der Waals surface area contributed by atoms with Crippen molar-refractivity contribution < 1.29 is 14.0 Å². The van der Waals surface area contributed by atoms with Crippen LogP contribution in [0.25, 0.3) is 0 Å². The van der Waals surface area contributed by atoms with Gasteiger partial charge in [-0.05, 0) is 88.1 Å². The number of likely N-dealkylation sites (tertiary alicyclic amines) is 1. The highest BCUT2D eigenvalue weighted by Crippen LogP contribution is 2.42. The van der Waals surface area contributed by atoms with E-state index in [4.69, 9.17) is 23.2 Å². The largest absolute Gasteiger partial charge is 0.343 e. The van der Waals surface area contributed by atoms with Gasteiger partial charge in [0.1, 0.15) is 5.82 Å². The lowest BCUT2D eigenvalue weighted by atomic mass is 10.0. The van der Waals surface area contributed by atoms with Gasteiger partial charge in [0, 0.05) is 36.0 Å². The third-order valence-corrected chi connectivity index (χ3v) is 7.27. The van der Waals surface area contributed by atoms with Gasteiger partial charge in [0.25, 0.3) is 5.91 Å². The van der Waals surface area contributed by atoms with Crippen molar-refractivity contribution in [3.8, 4) is 0 Å². The molecular formula is C26H36Cl2FN3O2S. The van der Waals surface area contributed by atoms with Crippen molar-refractivity contribution in [3.05, 3.63) is 57.4 Å². The van der Waals surface area contributed by atoms with Gasteiger partial charge in [0.15, 0.2) is 0 Å². The number of allylic oxidation sites excluding steroid dienone is 4.